The predicted molar refractivity (Wildman–Crippen MR) is 72.8 cm³/mol. The Morgan fingerprint density at radius 3 is 2.47 bits per heavy atom. The number of alkyl halides is 2. The first-order chi connectivity index (χ1) is 7.07. The van der Waals surface area contributed by atoms with Crippen LogP contribution in [-0.2, 0) is 4.79 Å². The number of halogens is 2. The number of rotatable bonds is 8. The molecule has 0 aromatic heterocycles. The molecule has 0 aliphatic heterocycles. The molecule has 0 bridgehead atoms. The number of hydrogen-bond donors (Lipinski definition) is 1. The lowest BCUT2D eigenvalue weighted by molar-refractivity contribution is -0.120. The zero-order chi connectivity index (χ0) is 11.7. The van der Waals surface area contributed by atoms with Crippen molar-refractivity contribution >= 4 is 37.8 Å². The average molecular weight is 343 g/mol. The number of amides is 1. The summed E-state index contributed by atoms with van der Waals surface area (Å²) in [6.45, 7) is 5.28. The molecule has 0 aromatic carbocycles. The highest BCUT2D eigenvalue weighted by molar-refractivity contribution is 9.12. The molecule has 1 N–H and O–H groups in total. The van der Waals surface area contributed by atoms with Gasteiger partial charge in [-0.1, -0.05) is 65.0 Å². The highest BCUT2D eigenvalue weighted by Crippen LogP contribution is 2.07. The summed E-state index contributed by atoms with van der Waals surface area (Å²) >= 11 is 6.54. The Kier molecular flexibility index (Phi) is 9.92. The fraction of sp³-hybridized carbons (Fsp3) is 0.909. The number of carbonyl (C=O) groups excluding carboxylic acids is 1. The van der Waals surface area contributed by atoms with Crippen LogP contribution < -0.4 is 5.32 Å². The third-order valence-electron chi connectivity index (χ3n) is 2.18. The van der Waals surface area contributed by atoms with Crippen LogP contribution in [-0.4, -0.2) is 22.6 Å². The second-order valence-corrected chi connectivity index (χ2v) is 5.91. The molecule has 1 atom stereocenters. The molecule has 2 nitrogen and oxygen atoms in total. The van der Waals surface area contributed by atoms with Crippen LogP contribution in [0.5, 0.6) is 0 Å². The molecule has 0 aliphatic rings. The van der Waals surface area contributed by atoms with E-state index in [2.05, 4.69) is 51.0 Å². The molecular formula is C11H21Br2NO. The molecule has 4 heteroatoms. The van der Waals surface area contributed by atoms with Crippen LogP contribution in [0.1, 0.15) is 39.5 Å². The minimum absolute atomic E-state index is 0.0794. The van der Waals surface area contributed by atoms with Gasteiger partial charge in [-0.25, -0.2) is 0 Å². The highest BCUT2D eigenvalue weighted by Gasteiger charge is 2.11. The zero-order valence-electron chi connectivity index (χ0n) is 9.56. The fourth-order valence-corrected chi connectivity index (χ4v) is 1.70. The van der Waals surface area contributed by atoms with E-state index in [1.54, 1.807) is 0 Å². The van der Waals surface area contributed by atoms with E-state index in [9.17, 15) is 4.79 Å². The van der Waals surface area contributed by atoms with Crippen molar-refractivity contribution in [2.75, 3.05) is 11.9 Å². The maximum absolute atomic E-state index is 11.3. The Morgan fingerprint density at radius 1 is 1.27 bits per heavy atom. The molecule has 0 aliphatic carbocycles. The first kappa shape index (κ1) is 15.4. The van der Waals surface area contributed by atoms with E-state index in [0.29, 0.717) is 5.33 Å². The van der Waals surface area contributed by atoms with Crippen LogP contribution in [0.3, 0.4) is 0 Å². The molecular weight excluding hydrogens is 322 g/mol. The van der Waals surface area contributed by atoms with Crippen LogP contribution in [0.2, 0.25) is 0 Å². The van der Waals surface area contributed by atoms with Gasteiger partial charge in [-0.3, -0.25) is 4.79 Å². The summed E-state index contributed by atoms with van der Waals surface area (Å²) in [5.41, 5.74) is 0. The van der Waals surface area contributed by atoms with Gasteiger partial charge in [0.2, 0.25) is 5.91 Å². The zero-order valence-corrected chi connectivity index (χ0v) is 12.7. The third-order valence-corrected chi connectivity index (χ3v) is 4.43. The lowest BCUT2D eigenvalue weighted by Gasteiger charge is -2.08. The molecule has 90 valence electrons. The fourth-order valence-electron chi connectivity index (χ4n) is 1.25. The topological polar surface area (TPSA) is 29.1 Å². The Morgan fingerprint density at radius 2 is 1.93 bits per heavy atom. The first-order valence-electron chi connectivity index (χ1n) is 5.55. The van der Waals surface area contributed by atoms with Gasteiger partial charge in [-0.2, -0.15) is 0 Å². The van der Waals surface area contributed by atoms with E-state index in [-0.39, 0.29) is 10.7 Å². The Hall–Kier alpha value is 0.430. The SMILES string of the molecule is CC(C)CCCCCNC(=O)C(Br)CBr. The van der Waals surface area contributed by atoms with Crippen molar-refractivity contribution in [3.63, 3.8) is 0 Å². The molecule has 0 heterocycles. The van der Waals surface area contributed by atoms with Gasteiger partial charge in [0.25, 0.3) is 0 Å². The van der Waals surface area contributed by atoms with Crippen LogP contribution in [0, 0.1) is 5.92 Å². The second-order valence-electron chi connectivity index (χ2n) is 4.16. The Labute approximate surface area is 110 Å². The van der Waals surface area contributed by atoms with E-state index in [1.807, 2.05) is 0 Å². The summed E-state index contributed by atoms with van der Waals surface area (Å²) < 4.78 is 0. The van der Waals surface area contributed by atoms with Gasteiger partial charge in [0.05, 0.1) is 0 Å². The van der Waals surface area contributed by atoms with Crippen LogP contribution in [0.4, 0.5) is 0 Å². The molecule has 0 radical (unpaired) electrons. The van der Waals surface area contributed by atoms with E-state index < -0.39 is 0 Å². The maximum Gasteiger partial charge on any atom is 0.234 e. The first-order valence-corrected chi connectivity index (χ1v) is 7.59. The Balaban J connectivity index is 3.27. The van der Waals surface area contributed by atoms with Crippen molar-refractivity contribution in [2.45, 2.75) is 44.4 Å². The van der Waals surface area contributed by atoms with Crippen molar-refractivity contribution in [1.29, 1.82) is 0 Å². The largest absolute Gasteiger partial charge is 0.355 e. The monoisotopic (exact) mass is 341 g/mol. The summed E-state index contributed by atoms with van der Waals surface area (Å²) in [5.74, 6) is 0.871. The van der Waals surface area contributed by atoms with Crippen molar-refractivity contribution in [2.24, 2.45) is 5.92 Å². The minimum atomic E-state index is -0.104. The molecule has 0 aromatic rings. The standard InChI is InChI=1S/C11H21Br2NO/c1-9(2)6-4-3-5-7-14-11(15)10(13)8-12/h9-10H,3-8H2,1-2H3,(H,14,15). The van der Waals surface area contributed by atoms with Gasteiger partial charge in [0, 0.05) is 11.9 Å². The second kappa shape index (κ2) is 9.64. The summed E-state index contributed by atoms with van der Waals surface area (Å²) in [6, 6.07) is 0. The van der Waals surface area contributed by atoms with Crippen LogP contribution in [0.15, 0.2) is 0 Å². The average Bonchev–Trinajstić information content (AvgIpc) is 2.21. The van der Waals surface area contributed by atoms with E-state index in [1.165, 1.54) is 19.3 Å². The molecule has 1 unspecified atom stereocenters. The summed E-state index contributed by atoms with van der Waals surface area (Å²) in [4.78, 5) is 11.2. The lowest BCUT2D eigenvalue weighted by Crippen LogP contribution is -2.32. The summed E-state index contributed by atoms with van der Waals surface area (Å²) in [6.07, 6.45) is 4.85. The summed E-state index contributed by atoms with van der Waals surface area (Å²) in [7, 11) is 0. The number of nitrogens with one attached hydrogen (secondary N) is 1. The van der Waals surface area contributed by atoms with Gasteiger partial charge >= 0.3 is 0 Å². The van der Waals surface area contributed by atoms with Gasteiger partial charge in [-0.05, 0) is 12.3 Å². The lowest BCUT2D eigenvalue weighted by atomic mass is 10.1. The number of hydrogen-bond acceptors (Lipinski definition) is 1. The number of carbonyl (C=O) groups is 1. The molecule has 0 saturated carbocycles. The quantitative estimate of drug-likeness (QED) is 0.531. The van der Waals surface area contributed by atoms with E-state index in [0.717, 1.165) is 18.9 Å². The number of unbranched alkanes of at least 4 members (excludes halogenated alkanes) is 2. The minimum Gasteiger partial charge on any atom is -0.355 e. The van der Waals surface area contributed by atoms with Crippen molar-refractivity contribution in [3.8, 4) is 0 Å². The molecule has 15 heavy (non-hydrogen) atoms. The van der Waals surface area contributed by atoms with E-state index in [4.69, 9.17) is 0 Å². The maximum atomic E-state index is 11.3. The van der Waals surface area contributed by atoms with Gasteiger partial charge < -0.3 is 5.32 Å². The molecule has 1 amide bonds. The summed E-state index contributed by atoms with van der Waals surface area (Å²) in [5, 5.41) is 3.56. The molecule has 0 fully saturated rings. The third kappa shape index (κ3) is 9.36. The van der Waals surface area contributed by atoms with Crippen molar-refractivity contribution in [3.05, 3.63) is 0 Å². The van der Waals surface area contributed by atoms with Gasteiger partial charge in [0.15, 0.2) is 0 Å². The predicted octanol–water partition coefficient (Wildman–Crippen LogP) is 3.48. The van der Waals surface area contributed by atoms with Gasteiger partial charge in [-0.15, -0.1) is 0 Å². The normalized spacial score (nSPS) is 12.9. The van der Waals surface area contributed by atoms with Crippen LogP contribution in [0.25, 0.3) is 0 Å². The smallest absolute Gasteiger partial charge is 0.234 e. The Bertz CT molecular complexity index is 174. The van der Waals surface area contributed by atoms with Crippen molar-refractivity contribution < 1.29 is 4.79 Å². The van der Waals surface area contributed by atoms with Crippen molar-refractivity contribution in [1.82, 2.24) is 5.32 Å². The highest BCUT2D eigenvalue weighted by atomic mass is 79.9. The van der Waals surface area contributed by atoms with Crippen LogP contribution >= 0.6 is 31.9 Å². The van der Waals surface area contributed by atoms with E-state index >= 15 is 0 Å². The molecule has 0 spiro atoms. The van der Waals surface area contributed by atoms with Gasteiger partial charge in [0.1, 0.15) is 4.83 Å². The molecule has 0 saturated heterocycles. The molecule has 0 rings (SSSR count).